The Morgan fingerprint density at radius 2 is 2.16 bits per heavy atom. The molecule has 1 N–H and O–H groups in total. The SMILES string of the molecule is CC1CN(CCOc2ccc(C(=O)O)cc2Cl)CC2(CCCCC2)O1. The average Bonchev–Trinajstić information content (AvgIpc) is 2.56. The Kier molecular flexibility index (Phi) is 5.87. The third-order valence-corrected chi connectivity index (χ3v) is 5.38. The number of carboxylic acids is 1. The second kappa shape index (κ2) is 7.94. The van der Waals surface area contributed by atoms with Gasteiger partial charge in [0.2, 0.25) is 0 Å². The molecule has 0 amide bonds. The molecule has 1 atom stereocenters. The normalized spacial score (nSPS) is 23.5. The second-order valence-electron chi connectivity index (χ2n) is 7.21. The first-order chi connectivity index (χ1) is 12.0. The highest BCUT2D eigenvalue weighted by Crippen LogP contribution is 2.36. The summed E-state index contributed by atoms with van der Waals surface area (Å²) in [6.07, 6.45) is 6.36. The van der Waals surface area contributed by atoms with E-state index in [2.05, 4.69) is 11.8 Å². The van der Waals surface area contributed by atoms with E-state index in [0.29, 0.717) is 17.4 Å². The minimum absolute atomic E-state index is 0.0245. The molecule has 138 valence electrons. The van der Waals surface area contributed by atoms with Gasteiger partial charge in [0.25, 0.3) is 0 Å². The molecule has 0 bridgehead atoms. The summed E-state index contributed by atoms with van der Waals surface area (Å²) in [6, 6.07) is 4.56. The maximum absolute atomic E-state index is 10.9. The lowest BCUT2D eigenvalue weighted by Crippen LogP contribution is -2.56. The summed E-state index contributed by atoms with van der Waals surface area (Å²) < 4.78 is 12.1. The first kappa shape index (κ1) is 18.5. The fourth-order valence-electron chi connectivity index (χ4n) is 4.02. The van der Waals surface area contributed by atoms with Gasteiger partial charge in [-0.3, -0.25) is 4.90 Å². The van der Waals surface area contributed by atoms with E-state index in [1.54, 1.807) is 6.07 Å². The van der Waals surface area contributed by atoms with Gasteiger partial charge in [0.15, 0.2) is 0 Å². The topological polar surface area (TPSA) is 59.0 Å². The maximum Gasteiger partial charge on any atom is 0.335 e. The highest BCUT2D eigenvalue weighted by molar-refractivity contribution is 6.32. The van der Waals surface area contributed by atoms with Gasteiger partial charge in [-0.15, -0.1) is 0 Å². The van der Waals surface area contributed by atoms with Crippen LogP contribution < -0.4 is 4.74 Å². The molecular weight excluding hydrogens is 342 g/mol. The van der Waals surface area contributed by atoms with Gasteiger partial charge in [0, 0.05) is 19.6 Å². The van der Waals surface area contributed by atoms with Crippen LogP contribution >= 0.6 is 11.6 Å². The van der Waals surface area contributed by atoms with Crippen LogP contribution in [-0.2, 0) is 4.74 Å². The molecule has 0 radical (unpaired) electrons. The Balaban J connectivity index is 1.54. The van der Waals surface area contributed by atoms with Crippen molar-refractivity contribution in [2.24, 2.45) is 0 Å². The molecule has 1 aliphatic heterocycles. The third kappa shape index (κ3) is 4.66. The van der Waals surface area contributed by atoms with Crippen LogP contribution in [0.1, 0.15) is 49.4 Å². The standard InChI is InChI=1S/C19H26ClNO4/c1-14-12-21(13-19(25-14)7-3-2-4-8-19)9-10-24-17-6-5-15(18(22)23)11-16(17)20/h5-6,11,14H,2-4,7-10,12-13H2,1H3,(H,22,23). The summed E-state index contributed by atoms with van der Waals surface area (Å²) in [7, 11) is 0. The van der Waals surface area contributed by atoms with E-state index in [1.807, 2.05) is 0 Å². The largest absolute Gasteiger partial charge is 0.491 e. The Labute approximate surface area is 153 Å². The van der Waals surface area contributed by atoms with E-state index in [4.69, 9.17) is 26.2 Å². The molecule has 1 saturated carbocycles. The van der Waals surface area contributed by atoms with Crippen molar-refractivity contribution in [1.82, 2.24) is 4.90 Å². The van der Waals surface area contributed by atoms with Crippen LogP contribution in [0.5, 0.6) is 5.75 Å². The summed E-state index contributed by atoms with van der Waals surface area (Å²) in [4.78, 5) is 13.4. The van der Waals surface area contributed by atoms with Gasteiger partial charge in [-0.25, -0.2) is 4.79 Å². The van der Waals surface area contributed by atoms with Crippen molar-refractivity contribution >= 4 is 17.6 Å². The first-order valence-electron chi connectivity index (χ1n) is 9.03. The summed E-state index contributed by atoms with van der Waals surface area (Å²) >= 11 is 6.11. The zero-order valence-corrected chi connectivity index (χ0v) is 15.4. The van der Waals surface area contributed by atoms with Crippen molar-refractivity contribution in [3.63, 3.8) is 0 Å². The number of halogens is 1. The summed E-state index contributed by atoms with van der Waals surface area (Å²) in [5.41, 5.74) is 0.190. The molecule has 6 heteroatoms. The fourth-order valence-corrected chi connectivity index (χ4v) is 4.25. The van der Waals surface area contributed by atoms with Gasteiger partial charge in [-0.2, -0.15) is 0 Å². The minimum Gasteiger partial charge on any atom is -0.491 e. The molecule has 1 heterocycles. The smallest absolute Gasteiger partial charge is 0.335 e. The van der Waals surface area contributed by atoms with Gasteiger partial charge < -0.3 is 14.6 Å². The molecule has 1 unspecified atom stereocenters. The summed E-state index contributed by atoms with van der Waals surface area (Å²) in [5.74, 6) is -0.464. The van der Waals surface area contributed by atoms with Crippen molar-refractivity contribution in [2.45, 2.75) is 50.7 Å². The molecule has 2 aliphatic rings. The quantitative estimate of drug-likeness (QED) is 0.856. The minimum atomic E-state index is -0.992. The molecule has 0 aromatic heterocycles. The Morgan fingerprint density at radius 1 is 1.40 bits per heavy atom. The van der Waals surface area contributed by atoms with Crippen molar-refractivity contribution in [3.05, 3.63) is 28.8 Å². The molecule has 1 aliphatic carbocycles. The zero-order chi connectivity index (χ0) is 17.9. The molecule has 3 rings (SSSR count). The van der Waals surface area contributed by atoms with Crippen LogP contribution in [0, 0.1) is 0 Å². The van der Waals surface area contributed by atoms with Crippen molar-refractivity contribution < 1.29 is 19.4 Å². The third-order valence-electron chi connectivity index (χ3n) is 5.09. The zero-order valence-electron chi connectivity index (χ0n) is 14.7. The van der Waals surface area contributed by atoms with Gasteiger partial charge in [-0.1, -0.05) is 30.9 Å². The van der Waals surface area contributed by atoms with Gasteiger partial charge in [0.05, 0.1) is 22.3 Å². The number of carboxylic acid groups (broad SMARTS) is 1. The molecule has 5 nitrogen and oxygen atoms in total. The predicted molar refractivity (Wildman–Crippen MR) is 96.7 cm³/mol. The number of ether oxygens (including phenoxy) is 2. The Bertz CT molecular complexity index is 615. The average molecular weight is 368 g/mol. The predicted octanol–water partition coefficient (Wildman–Crippen LogP) is 3.84. The summed E-state index contributed by atoms with van der Waals surface area (Å²) in [6.45, 7) is 5.36. The van der Waals surface area contributed by atoms with E-state index in [1.165, 1.54) is 31.4 Å². The number of nitrogens with zero attached hydrogens (tertiary/aromatic N) is 1. The lowest BCUT2D eigenvalue weighted by Gasteiger charge is -2.47. The van der Waals surface area contributed by atoms with E-state index >= 15 is 0 Å². The van der Waals surface area contributed by atoms with Crippen molar-refractivity contribution in [3.8, 4) is 5.75 Å². The molecule has 2 fully saturated rings. The Hall–Kier alpha value is -1.30. The number of hydrogen-bond donors (Lipinski definition) is 1. The van der Waals surface area contributed by atoms with Gasteiger partial charge in [-0.05, 0) is 38.0 Å². The van der Waals surface area contributed by atoms with Gasteiger partial charge in [0.1, 0.15) is 12.4 Å². The van der Waals surface area contributed by atoms with Crippen LogP contribution in [0.15, 0.2) is 18.2 Å². The molecular formula is C19H26ClNO4. The molecule has 1 aromatic rings. The van der Waals surface area contributed by atoms with Crippen molar-refractivity contribution in [1.29, 1.82) is 0 Å². The van der Waals surface area contributed by atoms with E-state index in [9.17, 15) is 4.79 Å². The highest BCUT2D eigenvalue weighted by Gasteiger charge is 2.40. The van der Waals surface area contributed by atoms with Crippen LogP contribution in [0.25, 0.3) is 0 Å². The van der Waals surface area contributed by atoms with E-state index in [-0.39, 0.29) is 17.3 Å². The molecule has 1 spiro atoms. The number of hydrogen-bond acceptors (Lipinski definition) is 4. The Morgan fingerprint density at radius 3 is 2.84 bits per heavy atom. The van der Waals surface area contributed by atoms with Crippen LogP contribution in [0.3, 0.4) is 0 Å². The monoisotopic (exact) mass is 367 g/mol. The van der Waals surface area contributed by atoms with E-state index in [0.717, 1.165) is 32.5 Å². The number of rotatable bonds is 5. The second-order valence-corrected chi connectivity index (χ2v) is 7.61. The molecule has 25 heavy (non-hydrogen) atoms. The number of aromatic carboxylic acids is 1. The first-order valence-corrected chi connectivity index (χ1v) is 9.41. The number of carbonyl (C=O) groups is 1. The maximum atomic E-state index is 10.9. The number of morpholine rings is 1. The molecule has 1 aromatic carbocycles. The fraction of sp³-hybridized carbons (Fsp3) is 0.632. The lowest BCUT2D eigenvalue weighted by atomic mass is 9.83. The molecule has 1 saturated heterocycles. The lowest BCUT2D eigenvalue weighted by molar-refractivity contribution is -0.164. The van der Waals surface area contributed by atoms with Crippen LogP contribution in [0.4, 0.5) is 0 Å². The van der Waals surface area contributed by atoms with Crippen LogP contribution in [0.2, 0.25) is 5.02 Å². The highest BCUT2D eigenvalue weighted by atomic mass is 35.5. The van der Waals surface area contributed by atoms with Gasteiger partial charge >= 0.3 is 5.97 Å². The summed E-state index contributed by atoms with van der Waals surface area (Å²) in [5, 5.41) is 9.31. The van der Waals surface area contributed by atoms with Crippen LogP contribution in [-0.4, -0.2) is 53.9 Å². The van der Waals surface area contributed by atoms with E-state index < -0.39 is 5.97 Å². The number of benzene rings is 1. The van der Waals surface area contributed by atoms with Crippen molar-refractivity contribution in [2.75, 3.05) is 26.2 Å².